The predicted octanol–water partition coefficient (Wildman–Crippen LogP) is 4.03. The van der Waals surface area contributed by atoms with Crippen LogP contribution in [0, 0.1) is 0 Å². The van der Waals surface area contributed by atoms with Gasteiger partial charge in [-0.15, -0.1) is 5.10 Å². The van der Waals surface area contributed by atoms with Crippen LogP contribution in [-0.4, -0.2) is 27.8 Å². The van der Waals surface area contributed by atoms with Crippen LogP contribution in [0.3, 0.4) is 0 Å². The summed E-state index contributed by atoms with van der Waals surface area (Å²) in [5.41, 5.74) is 2.31. The summed E-state index contributed by atoms with van der Waals surface area (Å²) in [6.07, 6.45) is 0.124. The summed E-state index contributed by atoms with van der Waals surface area (Å²) in [6.45, 7) is 1.86. The molecule has 0 radical (unpaired) electrons. The molecule has 2 aromatic carbocycles. The number of benzene rings is 2. The molecule has 0 aliphatic carbocycles. The van der Waals surface area contributed by atoms with Crippen molar-refractivity contribution in [3.63, 3.8) is 0 Å². The monoisotopic (exact) mass is 429 g/mol. The molecule has 5 nitrogen and oxygen atoms in total. The van der Waals surface area contributed by atoms with Crippen molar-refractivity contribution in [2.75, 3.05) is 0 Å². The van der Waals surface area contributed by atoms with Crippen LogP contribution in [0.1, 0.15) is 29.3 Å². The molecular formula is C19H16BrN3O2S. The lowest BCUT2D eigenvalue weighted by Gasteiger charge is -2.04. The van der Waals surface area contributed by atoms with Crippen molar-refractivity contribution in [1.82, 2.24) is 5.32 Å². The molecule has 7 heteroatoms. The van der Waals surface area contributed by atoms with Gasteiger partial charge in [-0.3, -0.25) is 9.59 Å². The van der Waals surface area contributed by atoms with E-state index in [1.165, 1.54) is 11.8 Å². The fourth-order valence-electron chi connectivity index (χ4n) is 2.37. The normalized spacial score (nSPS) is 18.8. The van der Waals surface area contributed by atoms with Crippen molar-refractivity contribution in [1.29, 1.82) is 0 Å². The van der Waals surface area contributed by atoms with E-state index in [9.17, 15) is 9.59 Å². The van der Waals surface area contributed by atoms with Crippen molar-refractivity contribution in [2.45, 2.75) is 18.6 Å². The Morgan fingerprint density at radius 2 is 1.81 bits per heavy atom. The smallest absolute Gasteiger partial charge is 0.240 e. The number of ketones is 1. The van der Waals surface area contributed by atoms with Crippen molar-refractivity contribution in [3.05, 3.63) is 70.2 Å². The van der Waals surface area contributed by atoms with Crippen molar-refractivity contribution >= 4 is 50.3 Å². The molecule has 0 bridgehead atoms. The van der Waals surface area contributed by atoms with Crippen LogP contribution in [0.4, 0.5) is 0 Å². The number of hydrogen-bond donors (Lipinski definition) is 1. The Bertz CT molecular complexity index is 879. The molecule has 0 aromatic heterocycles. The molecule has 1 aliphatic rings. The molecule has 26 heavy (non-hydrogen) atoms. The van der Waals surface area contributed by atoms with Crippen LogP contribution in [0.25, 0.3) is 0 Å². The van der Waals surface area contributed by atoms with E-state index in [-0.39, 0.29) is 18.1 Å². The fourth-order valence-corrected chi connectivity index (χ4v) is 3.55. The zero-order valence-corrected chi connectivity index (χ0v) is 16.4. The van der Waals surface area contributed by atoms with Crippen LogP contribution < -0.4 is 5.32 Å². The van der Waals surface area contributed by atoms with Gasteiger partial charge < -0.3 is 5.32 Å². The highest BCUT2D eigenvalue weighted by molar-refractivity contribution is 9.10. The number of nitrogens with one attached hydrogen (secondary N) is 1. The number of nitrogens with zero attached hydrogens (tertiary/aromatic N) is 2. The van der Waals surface area contributed by atoms with Gasteiger partial charge in [0.15, 0.2) is 11.0 Å². The Kier molecular flexibility index (Phi) is 6.00. The average molecular weight is 430 g/mol. The van der Waals surface area contributed by atoms with Gasteiger partial charge in [0.25, 0.3) is 0 Å². The van der Waals surface area contributed by atoms with Crippen molar-refractivity contribution < 1.29 is 9.59 Å². The third kappa shape index (κ3) is 4.68. The minimum Gasteiger partial charge on any atom is -0.303 e. The van der Waals surface area contributed by atoms with E-state index in [4.69, 9.17) is 0 Å². The van der Waals surface area contributed by atoms with E-state index in [1.807, 2.05) is 49.4 Å². The Hall–Kier alpha value is -2.25. The zero-order valence-electron chi connectivity index (χ0n) is 14.0. The standard InChI is InChI=1S/C19H16BrN3O2S/c1-12(13-5-3-2-4-6-13)22-23-19-21-18(25)17(26-19)11-16(24)14-7-9-15(20)10-8-14/h2-10,17H,11H2,1H3,(H,21,23,25)/b22-12+. The molecule has 1 unspecified atom stereocenters. The number of amidine groups is 1. The quantitative estimate of drug-likeness (QED) is 0.442. The van der Waals surface area contributed by atoms with Gasteiger partial charge in [-0.1, -0.05) is 70.2 Å². The first-order chi connectivity index (χ1) is 12.5. The van der Waals surface area contributed by atoms with E-state index in [0.717, 1.165) is 15.7 Å². The first kappa shape index (κ1) is 18.5. The van der Waals surface area contributed by atoms with Crippen molar-refractivity contribution in [3.8, 4) is 0 Å². The maximum Gasteiger partial charge on any atom is 0.240 e. The minimum absolute atomic E-state index is 0.0737. The molecular weight excluding hydrogens is 414 g/mol. The fraction of sp³-hybridized carbons (Fsp3) is 0.158. The number of hydrogen-bond acceptors (Lipinski definition) is 5. The molecule has 1 atom stereocenters. The van der Waals surface area contributed by atoms with Gasteiger partial charge in [0.2, 0.25) is 5.91 Å². The number of halogens is 1. The van der Waals surface area contributed by atoms with Gasteiger partial charge in [0.05, 0.1) is 11.0 Å². The van der Waals surface area contributed by atoms with Crippen molar-refractivity contribution in [2.24, 2.45) is 10.2 Å². The maximum atomic E-state index is 12.3. The number of thioether (sulfide) groups is 1. The molecule has 1 amide bonds. The molecule has 1 fully saturated rings. The topological polar surface area (TPSA) is 70.9 Å². The molecule has 2 aromatic rings. The van der Waals surface area contributed by atoms with Gasteiger partial charge in [-0.05, 0) is 24.6 Å². The SMILES string of the molecule is C/C(=N\N=C1/NC(=O)C(CC(=O)c2ccc(Br)cc2)S1)c1ccccc1. The summed E-state index contributed by atoms with van der Waals surface area (Å²) in [7, 11) is 0. The second-order valence-electron chi connectivity index (χ2n) is 5.69. The second kappa shape index (κ2) is 8.42. The predicted molar refractivity (Wildman–Crippen MR) is 109 cm³/mol. The molecule has 0 saturated carbocycles. The maximum absolute atomic E-state index is 12.3. The lowest BCUT2D eigenvalue weighted by Crippen LogP contribution is -2.26. The Morgan fingerprint density at radius 3 is 2.50 bits per heavy atom. The lowest BCUT2D eigenvalue weighted by atomic mass is 10.1. The molecule has 132 valence electrons. The summed E-state index contributed by atoms with van der Waals surface area (Å²) < 4.78 is 0.906. The lowest BCUT2D eigenvalue weighted by molar-refractivity contribution is -0.118. The summed E-state index contributed by atoms with van der Waals surface area (Å²) in [6, 6.07) is 16.8. The first-order valence-corrected chi connectivity index (χ1v) is 9.64. The Balaban J connectivity index is 1.65. The molecule has 1 heterocycles. The summed E-state index contributed by atoms with van der Waals surface area (Å²) in [5.74, 6) is -0.290. The Morgan fingerprint density at radius 1 is 1.12 bits per heavy atom. The van der Waals surface area contributed by atoms with E-state index in [1.54, 1.807) is 12.1 Å². The number of amides is 1. The van der Waals surface area contributed by atoms with E-state index in [0.29, 0.717) is 10.7 Å². The number of rotatable bonds is 5. The van der Waals surface area contributed by atoms with Crippen LogP contribution in [0.15, 0.2) is 69.3 Å². The molecule has 1 saturated heterocycles. The summed E-state index contributed by atoms with van der Waals surface area (Å²) in [4.78, 5) is 24.4. The highest BCUT2D eigenvalue weighted by Crippen LogP contribution is 2.24. The third-order valence-corrected chi connectivity index (χ3v) is 5.40. The largest absolute Gasteiger partial charge is 0.303 e. The summed E-state index contributed by atoms with van der Waals surface area (Å²) in [5, 5.41) is 10.9. The van der Waals surface area contributed by atoms with Crippen LogP contribution in [-0.2, 0) is 4.79 Å². The van der Waals surface area contributed by atoms with Gasteiger partial charge >= 0.3 is 0 Å². The zero-order chi connectivity index (χ0) is 18.5. The van der Waals surface area contributed by atoms with E-state index >= 15 is 0 Å². The average Bonchev–Trinajstić information content (AvgIpc) is 3.00. The number of carbonyl (C=O) groups excluding carboxylic acids is 2. The third-order valence-electron chi connectivity index (χ3n) is 3.80. The molecule has 1 N–H and O–H groups in total. The van der Waals surface area contributed by atoms with Gasteiger partial charge in [0, 0.05) is 16.5 Å². The van der Waals surface area contributed by atoms with Gasteiger partial charge in [0.1, 0.15) is 0 Å². The van der Waals surface area contributed by atoms with Gasteiger partial charge in [-0.2, -0.15) is 5.10 Å². The van der Waals surface area contributed by atoms with Crippen LogP contribution >= 0.6 is 27.7 Å². The number of carbonyl (C=O) groups is 2. The van der Waals surface area contributed by atoms with E-state index < -0.39 is 5.25 Å². The Labute approximate surface area is 164 Å². The number of Topliss-reactive ketones (excluding diaryl/α,β-unsaturated/α-hetero) is 1. The summed E-state index contributed by atoms with van der Waals surface area (Å²) >= 11 is 4.57. The van der Waals surface area contributed by atoms with Gasteiger partial charge in [-0.25, -0.2) is 0 Å². The van der Waals surface area contributed by atoms with E-state index in [2.05, 4.69) is 31.4 Å². The highest BCUT2D eigenvalue weighted by Gasteiger charge is 2.32. The highest BCUT2D eigenvalue weighted by atomic mass is 79.9. The second-order valence-corrected chi connectivity index (χ2v) is 7.79. The van der Waals surface area contributed by atoms with Crippen LogP contribution in [0.5, 0.6) is 0 Å². The molecule has 0 spiro atoms. The minimum atomic E-state index is -0.489. The first-order valence-electron chi connectivity index (χ1n) is 7.97. The molecule has 3 rings (SSSR count). The van der Waals surface area contributed by atoms with Crippen LogP contribution in [0.2, 0.25) is 0 Å². The molecule has 1 aliphatic heterocycles.